The lowest BCUT2D eigenvalue weighted by atomic mass is 10.1. The van der Waals surface area contributed by atoms with Crippen LogP contribution in [0.15, 0.2) is 18.6 Å². The van der Waals surface area contributed by atoms with Crippen LogP contribution in [-0.2, 0) is 0 Å². The van der Waals surface area contributed by atoms with Crippen LogP contribution in [0.3, 0.4) is 0 Å². The monoisotopic (exact) mass is 176 g/mol. The summed E-state index contributed by atoms with van der Waals surface area (Å²) >= 11 is 0. The van der Waals surface area contributed by atoms with Crippen LogP contribution in [-0.4, -0.2) is 15.8 Å². The Bertz CT molecular complexity index is 293. The molecular formula is C10H12N2O. The first-order valence-electron chi connectivity index (χ1n) is 4.65. The van der Waals surface area contributed by atoms with E-state index in [2.05, 4.69) is 9.97 Å². The van der Waals surface area contributed by atoms with E-state index < -0.39 is 0 Å². The predicted octanol–water partition coefficient (Wildman–Crippen LogP) is 1.85. The van der Waals surface area contributed by atoms with Gasteiger partial charge < -0.3 is 0 Å². The SMILES string of the molecule is O=C(CCC1CC1)c1ccncn1. The van der Waals surface area contributed by atoms with E-state index in [9.17, 15) is 4.79 Å². The van der Waals surface area contributed by atoms with Crippen LogP contribution in [0.1, 0.15) is 36.2 Å². The molecule has 0 unspecified atom stereocenters. The summed E-state index contributed by atoms with van der Waals surface area (Å²) in [6.07, 6.45) is 7.31. The lowest BCUT2D eigenvalue weighted by Gasteiger charge is -1.97. The molecule has 0 radical (unpaired) electrons. The van der Waals surface area contributed by atoms with Crippen LogP contribution in [0, 0.1) is 5.92 Å². The Morgan fingerprint density at radius 1 is 1.54 bits per heavy atom. The fourth-order valence-electron chi connectivity index (χ4n) is 1.33. The molecule has 0 aliphatic heterocycles. The van der Waals surface area contributed by atoms with Crippen LogP contribution in [0.2, 0.25) is 0 Å². The standard InChI is InChI=1S/C10H12N2O/c13-10(4-3-8-1-2-8)9-5-6-11-7-12-9/h5-8H,1-4H2. The quantitative estimate of drug-likeness (QED) is 0.657. The molecule has 0 saturated heterocycles. The molecule has 2 rings (SSSR count). The van der Waals surface area contributed by atoms with Crippen molar-refractivity contribution in [2.45, 2.75) is 25.7 Å². The first kappa shape index (κ1) is 8.35. The first-order chi connectivity index (χ1) is 6.36. The average Bonchev–Trinajstić information content (AvgIpc) is 2.99. The van der Waals surface area contributed by atoms with Gasteiger partial charge >= 0.3 is 0 Å². The molecule has 13 heavy (non-hydrogen) atoms. The Hall–Kier alpha value is -1.25. The number of ketones is 1. The fourth-order valence-corrected chi connectivity index (χ4v) is 1.33. The number of hydrogen-bond donors (Lipinski definition) is 0. The zero-order valence-electron chi connectivity index (χ0n) is 7.44. The van der Waals surface area contributed by atoms with Crippen molar-refractivity contribution >= 4 is 5.78 Å². The molecule has 3 nitrogen and oxygen atoms in total. The van der Waals surface area contributed by atoms with E-state index >= 15 is 0 Å². The second kappa shape index (κ2) is 3.64. The topological polar surface area (TPSA) is 42.9 Å². The van der Waals surface area contributed by atoms with Gasteiger partial charge in [0, 0.05) is 12.6 Å². The van der Waals surface area contributed by atoms with Gasteiger partial charge in [-0.2, -0.15) is 0 Å². The van der Waals surface area contributed by atoms with E-state index in [-0.39, 0.29) is 5.78 Å². The average molecular weight is 176 g/mol. The minimum Gasteiger partial charge on any atom is -0.292 e. The van der Waals surface area contributed by atoms with Gasteiger partial charge in [-0.25, -0.2) is 9.97 Å². The molecule has 1 aliphatic carbocycles. The van der Waals surface area contributed by atoms with E-state index in [1.54, 1.807) is 12.3 Å². The van der Waals surface area contributed by atoms with Gasteiger partial charge in [0.1, 0.15) is 12.0 Å². The third-order valence-corrected chi connectivity index (χ3v) is 2.34. The summed E-state index contributed by atoms with van der Waals surface area (Å²) in [4.78, 5) is 19.2. The fraction of sp³-hybridized carbons (Fsp3) is 0.500. The molecule has 0 aromatic carbocycles. The van der Waals surface area contributed by atoms with Crippen molar-refractivity contribution < 1.29 is 4.79 Å². The number of aromatic nitrogens is 2. The minimum atomic E-state index is 0.148. The Balaban J connectivity index is 1.89. The molecule has 3 heteroatoms. The lowest BCUT2D eigenvalue weighted by molar-refractivity contribution is 0.0973. The van der Waals surface area contributed by atoms with Crippen molar-refractivity contribution in [3.8, 4) is 0 Å². The Kier molecular flexibility index (Phi) is 2.34. The predicted molar refractivity (Wildman–Crippen MR) is 48.3 cm³/mol. The van der Waals surface area contributed by atoms with Crippen molar-refractivity contribution in [1.29, 1.82) is 0 Å². The maximum atomic E-state index is 11.5. The van der Waals surface area contributed by atoms with Crippen LogP contribution in [0.5, 0.6) is 0 Å². The number of rotatable bonds is 4. The second-order valence-corrected chi connectivity index (χ2v) is 3.50. The molecule has 0 amide bonds. The molecule has 0 bridgehead atoms. The molecule has 0 atom stereocenters. The molecule has 1 fully saturated rings. The molecule has 1 aliphatic rings. The smallest absolute Gasteiger partial charge is 0.181 e. The van der Waals surface area contributed by atoms with Gasteiger partial charge in [0.15, 0.2) is 5.78 Å². The van der Waals surface area contributed by atoms with Gasteiger partial charge in [-0.1, -0.05) is 12.8 Å². The molecule has 0 N–H and O–H groups in total. The van der Waals surface area contributed by atoms with Gasteiger partial charge in [-0.3, -0.25) is 4.79 Å². The highest BCUT2D eigenvalue weighted by atomic mass is 16.1. The van der Waals surface area contributed by atoms with E-state index in [0.717, 1.165) is 12.3 Å². The van der Waals surface area contributed by atoms with E-state index in [1.165, 1.54) is 19.2 Å². The first-order valence-corrected chi connectivity index (χ1v) is 4.65. The molecule has 68 valence electrons. The minimum absolute atomic E-state index is 0.148. The van der Waals surface area contributed by atoms with E-state index in [0.29, 0.717) is 12.1 Å². The van der Waals surface area contributed by atoms with E-state index in [1.807, 2.05) is 0 Å². The van der Waals surface area contributed by atoms with Crippen molar-refractivity contribution in [2.75, 3.05) is 0 Å². The zero-order chi connectivity index (χ0) is 9.10. The maximum absolute atomic E-state index is 11.5. The molecule has 1 aromatic heterocycles. The van der Waals surface area contributed by atoms with Crippen molar-refractivity contribution in [3.05, 3.63) is 24.3 Å². The number of Topliss-reactive ketones (excluding diaryl/α,β-unsaturated/α-hetero) is 1. The maximum Gasteiger partial charge on any atom is 0.181 e. The second-order valence-electron chi connectivity index (χ2n) is 3.50. The lowest BCUT2D eigenvalue weighted by Crippen LogP contribution is -2.02. The van der Waals surface area contributed by atoms with Gasteiger partial charge in [0.2, 0.25) is 0 Å². The molecule has 1 saturated carbocycles. The third kappa shape index (κ3) is 2.34. The largest absolute Gasteiger partial charge is 0.292 e. The van der Waals surface area contributed by atoms with Gasteiger partial charge in [-0.05, 0) is 18.4 Å². The van der Waals surface area contributed by atoms with Gasteiger partial charge in [-0.15, -0.1) is 0 Å². The molecule has 0 spiro atoms. The van der Waals surface area contributed by atoms with Crippen LogP contribution < -0.4 is 0 Å². The molecule has 1 heterocycles. The van der Waals surface area contributed by atoms with Crippen molar-refractivity contribution in [2.24, 2.45) is 5.92 Å². The number of carbonyl (C=O) groups excluding carboxylic acids is 1. The summed E-state index contributed by atoms with van der Waals surface area (Å²) in [5.41, 5.74) is 0.552. The summed E-state index contributed by atoms with van der Waals surface area (Å²) in [5, 5.41) is 0. The summed E-state index contributed by atoms with van der Waals surface area (Å²) < 4.78 is 0. The highest BCUT2D eigenvalue weighted by Crippen LogP contribution is 2.33. The number of nitrogens with zero attached hydrogens (tertiary/aromatic N) is 2. The van der Waals surface area contributed by atoms with Crippen LogP contribution in [0.25, 0.3) is 0 Å². The Labute approximate surface area is 77.2 Å². The van der Waals surface area contributed by atoms with Gasteiger partial charge in [0.05, 0.1) is 0 Å². The van der Waals surface area contributed by atoms with Crippen molar-refractivity contribution in [3.63, 3.8) is 0 Å². The Morgan fingerprint density at radius 3 is 3.00 bits per heavy atom. The molecular weight excluding hydrogens is 164 g/mol. The summed E-state index contributed by atoms with van der Waals surface area (Å²) in [5.74, 6) is 0.958. The Morgan fingerprint density at radius 2 is 2.38 bits per heavy atom. The van der Waals surface area contributed by atoms with Crippen LogP contribution in [0.4, 0.5) is 0 Å². The summed E-state index contributed by atoms with van der Waals surface area (Å²) in [6.45, 7) is 0. The summed E-state index contributed by atoms with van der Waals surface area (Å²) in [6, 6.07) is 1.68. The van der Waals surface area contributed by atoms with Crippen molar-refractivity contribution in [1.82, 2.24) is 9.97 Å². The zero-order valence-corrected chi connectivity index (χ0v) is 7.44. The normalized spacial score (nSPS) is 15.7. The highest BCUT2D eigenvalue weighted by molar-refractivity contribution is 5.93. The number of hydrogen-bond acceptors (Lipinski definition) is 3. The highest BCUT2D eigenvalue weighted by Gasteiger charge is 2.22. The number of carbonyl (C=O) groups is 1. The third-order valence-electron chi connectivity index (χ3n) is 2.34. The van der Waals surface area contributed by atoms with E-state index in [4.69, 9.17) is 0 Å². The van der Waals surface area contributed by atoms with Gasteiger partial charge in [0.25, 0.3) is 0 Å². The summed E-state index contributed by atoms with van der Waals surface area (Å²) in [7, 11) is 0. The van der Waals surface area contributed by atoms with Crippen LogP contribution >= 0.6 is 0 Å². The molecule has 1 aromatic rings.